The number of likely N-dealkylation sites (N-methyl/N-ethyl adjacent to an activating group) is 1. The minimum atomic E-state index is -0.0576. The third kappa shape index (κ3) is 5.56. The van der Waals surface area contributed by atoms with E-state index in [2.05, 4.69) is 41.8 Å². The average molecular weight is 345 g/mol. The molecule has 1 aromatic rings. The van der Waals surface area contributed by atoms with Gasteiger partial charge in [0, 0.05) is 19.0 Å². The maximum Gasteiger partial charge on any atom is 0.234 e. The van der Waals surface area contributed by atoms with Crippen LogP contribution < -0.4 is 10.6 Å². The van der Waals surface area contributed by atoms with Crippen LogP contribution in [0.15, 0.2) is 30.3 Å². The summed E-state index contributed by atoms with van der Waals surface area (Å²) in [4.78, 5) is 25.9. The van der Waals surface area contributed by atoms with Crippen molar-refractivity contribution in [3.05, 3.63) is 35.9 Å². The van der Waals surface area contributed by atoms with Gasteiger partial charge >= 0.3 is 0 Å². The summed E-state index contributed by atoms with van der Waals surface area (Å²) in [6, 6.07) is 10.5. The van der Waals surface area contributed by atoms with E-state index in [1.165, 1.54) is 18.4 Å². The highest BCUT2D eigenvalue weighted by Gasteiger charge is 2.35. The Balaban J connectivity index is 1.93. The second-order valence-electron chi connectivity index (χ2n) is 7.01. The molecule has 1 aliphatic rings. The first kappa shape index (κ1) is 19.4. The van der Waals surface area contributed by atoms with E-state index < -0.39 is 0 Å². The number of nitrogens with zero attached hydrogens (tertiary/aromatic N) is 1. The van der Waals surface area contributed by atoms with Gasteiger partial charge in [0.15, 0.2) is 0 Å². The molecule has 0 radical (unpaired) electrons. The SMILES string of the molecule is CCCN(CC(=O)NC)CC(=O)NCC1(c2ccccc2)CCCC1. The van der Waals surface area contributed by atoms with E-state index in [0.717, 1.165) is 25.8 Å². The molecule has 138 valence electrons. The largest absolute Gasteiger partial charge is 0.358 e. The molecular formula is C20H31N3O2. The van der Waals surface area contributed by atoms with Crippen LogP contribution in [-0.2, 0) is 15.0 Å². The zero-order valence-corrected chi connectivity index (χ0v) is 15.5. The summed E-state index contributed by atoms with van der Waals surface area (Å²) in [5, 5.41) is 5.75. The molecule has 5 nitrogen and oxygen atoms in total. The summed E-state index contributed by atoms with van der Waals surface area (Å²) in [6.45, 7) is 4.01. The van der Waals surface area contributed by atoms with E-state index in [1.54, 1.807) is 7.05 Å². The fraction of sp³-hybridized carbons (Fsp3) is 0.600. The van der Waals surface area contributed by atoms with Gasteiger partial charge in [-0.3, -0.25) is 14.5 Å². The number of carbonyl (C=O) groups is 2. The van der Waals surface area contributed by atoms with Crippen molar-refractivity contribution in [1.82, 2.24) is 15.5 Å². The highest BCUT2D eigenvalue weighted by Crippen LogP contribution is 2.40. The van der Waals surface area contributed by atoms with Crippen molar-refractivity contribution in [1.29, 1.82) is 0 Å². The van der Waals surface area contributed by atoms with Crippen LogP contribution >= 0.6 is 0 Å². The van der Waals surface area contributed by atoms with Crippen LogP contribution in [0.1, 0.15) is 44.6 Å². The van der Waals surface area contributed by atoms with Gasteiger partial charge in [-0.2, -0.15) is 0 Å². The van der Waals surface area contributed by atoms with Crippen LogP contribution in [0.5, 0.6) is 0 Å². The molecule has 1 fully saturated rings. The van der Waals surface area contributed by atoms with Gasteiger partial charge in [0.25, 0.3) is 0 Å². The lowest BCUT2D eigenvalue weighted by atomic mass is 9.79. The van der Waals surface area contributed by atoms with Gasteiger partial charge in [-0.15, -0.1) is 0 Å². The summed E-state index contributed by atoms with van der Waals surface area (Å²) in [5.74, 6) is -0.0580. The summed E-state index contributed by atoms with van der Waals surface area (Å²) < 4.78 is 0. The quantitative estimate of drug-likeness (QED) is 0.720. The average Bonchev–Trinajstić information content (AvgIpc) is 3.11. The molecule has 5 heteroatoms. The Morgan fingerprint density at radius 1 is 1.08 bits per heavy atom. The van der Waals surface area contributed by atoms with Crippen LogP contribution in [0.3, 0.4) is 0 Å². The molecule has 0 unspecified atom stereocenters. The zero-order chi connectivity index (χ0) is 18.1. The highest BCUT2D eigenvalue weighted by atomic mass is 16.2. The molecule has 2 amide bonds. The monoisotopic (exact) mass is 345 g/mol. The second-order valence-corrected chi connectivity index (χ2v) is 7.01. The van der Waals surface area contributed by atoms with Gasteiger partial charge < -0.3 is 10.6 Å². The van der Waals surface area contributed by atoms with Crippen LogP contribution in [0, 0.1) is 0 Å². The molecule has 1 saturated carbocycles. The number of nitrogens with one attached hydrogen (secondary N) is 2. The van der Waals surface area contributed by atoms with Gasteiger partial charge in [-0.25, -0.2) is 0 Å². The van der Waals surface area contributed by atoms with Gasteiger partial charge in [-0.05, 0) is 31.4 Å². The third-order valence-electron chi connectivity index (χ3n) is 5.12. The first-order chi connectivity index (χ1) is 12.1. The zero-order valence-electron chi connectivity index (χ0n) is 15.5. The predicted molar refractivity (Wildman–Crippen MR) is 100 cm³/mol. The predicted octanol–water partition coefficient (Wildman–Crippen LogP) is 2.07. The first-order valence-electron chi connectivity index (χ1n) is 9.35. The normalized spacial score (nSPS) is 16.0. The molecule has 0 aromatic heterocycles. The fourth-order valence-corrected chi connectivity index (χ4v) is 3.75. The maximum absolute atomic E-state index is 12.4. The first-order valence-corrected chi connectivity index (χ1v) is 9.35. The van der Waals surface area contributed by atoms with Crippen LogP contribution in [0.25, 0.3) is 0 Å². The standard InChI is InChI=1S/C20H31N3O2/c1-3-13-23(14-18(24)21-2)15-19(25)22-16-20(11-7-8-12-20)17-9-5-4-6-10-17/h4-6,9-10H,3,7-8,11-16H2,1-2H3,(H,21,24)(H,22,25). The van der Waals surface area contributed by atoms with Crippen molar-refractivity contribution >= 4 is 11.8 Å². The molecule has 0 bridgehead atoms. The Hall–Kier alpha value is -1.88. The van der Waals surface area contributed by atoms with Crippen molar-refractivity contribution in [3.8, 4) is 0 Å². The molecule has 2 rings (SSSR count). The van der Waals surface area contributed by atoms with Crippen LogP contribution in [0.2, 0.25) is 0 Å². The van der Waals surface area contributed by atoms with E-state index in [0.29, 0.717) is 6.54 Å². The number of carbonyl (C=O) groups excluding carboxylic acids is 2. The van der Waals surface area contributed by atoms with E-state index in [1.807, 2.05) is 11.0 Å². The molecule has 0 heterocycles. The lowest BCUT2D eigenvalue weighted by molar-refractivity contribution is -0.125. The Kier molecular flexibility index (Phi) is 7.44. The Morgan fingerprint density at radius 2 is 1.72 bits per heavy atom. The Bertz CT molecular complexity index is 553. The van der Waals surface area contributed by atoms with Crippen LogP contribution in [0.4, 0.5) is 0 Å². The van der Waals surface area contributed by atoms with Crippen molar-refractivity contribution in [3.63, 3.8) is 0 Å². The smallest absolute Gasteiger partial charge is 0.234 e. The number of hydrogen-bond acceptors (Lipinski definition) is 3. The molecule has 25 heavy (non-hydrogen) atoms. The summed E-state index contributed by atoms with van der Waals surface area (Å²) in [5.41, 5.74) is 1.39. The van der Waals surface area contributed by atoms with Crippen LogP contribution in [-0.4, -0.2) is 49.9 Å². The fourth-order valence-electron chi connectivity index (χ4n) is 3.75. The van der Waals surface area contributed by atoms with Crippen molar-refractivity contribution in [2.24, 2.45) is 0 Å². The van der Waals surface area contributed by atoms with E-state index in [9.17, 15) is 9.59 Å². The summed E-state index contributed by atoms with van der Waals surface area (Å²) in [6.07, 6.45) is 5.58. The third-order valence-corrected chi connectivity index (χ3v) is 5.12. The number of hydrogen-bond donors (Lipinski definition) is 2. The maximum atomic E-state index is 12.4. The van der Waals surface area contributed by atoms with Gasteiger partial charge in [0.05, 0.1) is 13.1 Å². The van der Waals surface area contributed by atoms with Crippen molar-refractivity contribution < 1.29 is 9.59 Å². The topological polar surface area (TPSA) is 61.4 Å². The molecule has 1 aliphatic carbocycles. The van der Waals surface area contributed by atoms with E-state index in [-0.39, 0.29) is 30.3 Å². The minimum Gasteiger partial charge on any atom is -0.358 e. The van der Waals surface area contributed by atoms with Gasteiger partial charge in [0.2, 0.25) is 11.8 Å². The molecule has 0 spiro atoms. The van der Waals surface area contributed by atoms with Gasteiger partial charge in [-0.1, -0.05) is 50.1 Å². The van der Waals surface area contributed by atoms with E-state index >= 15 is 0 Å². The Morgan fingerprint density at radius 3 is 2.32 bits per heavy atom. The lowest BCUT2D eigenvalue weighted by Crippen LogP contribution is -2.45. The molecule has 2 N–H and O–H groups in total. The number of amides is 2. The summed E-state index contributed by atoms with van der Waals surface area (Å²) >= 11 is 0. The summed E-state index contributed by atoms with van der Waals surface area (Å²) in [7, 11) is 1.62. The number of benzene rings is 1. The Labute approximate surface area is 151 Å². The van der Waals surface area contributed by atoms with Gasteiger partial charge in [0.1, 0.15) is 0 Å². The highest BCUT2D eigenvalue weighted by molar-refractivity contribution is 5.81. The number of rotatable bonds is 9. The molecule has 0 aliphatic heterocycles. The minimum absolute atomic E-state index is 0.000408. The molecule has 0 saturated heterocycles. The molecule has 1 aromatic carbocycles. The second kappa shape index (κ2) is 9.56. The molecule has 0 atom stereocenters. The van der Waals surface area contributed by atoms with Crippen molar-refractivity contribution in [2.45, 2.75) is 44.4 Å². The lowest BCUT2D eigenvalue weighted by Gasteiger charge is -2.30. The molecular weight excluding hydrogens is 314 g/mol. The van der Waals surface area contributed by atoms with Crippen molar-refractivity contribution in [2.75, 3.05) is 33.2 Å². The van der Waals surface area contributed by atoms with E-state index in [4.69, 9.17) is 0 Å².